The predicted molar refractivity (Wildman–Crippen MR) is 89.8 cm³/mol. The molecule has 0 amide bonds. The van der Waals surface area contributed by atoms with E-state index < -0.39 is 11.9 Å². The lowest BCUT2D eigenvalue weighted by atomic mass is 9.93. The highest BCUT2D eigenvalue weighted by Gasteiger charge is 2.16. The smallest absolute Gasteiger partial charge is 0.328 e. The van der Waals surface area contributed by atoms with Crippen LogP contribution in [0.15, 0.2) is 30.6 Å². The van der Waals surface area contributed by atoms with Crippen molar-refractivity contribution in [1.82, 2.24) is 15.3 Å². The summed E-state index contributed by atoms with van der Waals surface area (Å²) in [4.78, 5) is 26.2. The Balaban J connectivity index is 0.000000242. The molecule has 1 fully saturated rings. The highest BCUT2D eigenvalue weighted by Crippen LogP contribution is 2.19. The molecule has 2 aromatic heterocycles. The van der Waals surface area contributed by atoms with Crippen molar-refractivity contribution in [2.24, 2.45) is 0 Å². The van der Waals surface area contributed by atoms with Gasteiger partial charge in [0.15, 0.2) is 0 Å². The summed E-state index contributed by atoms with van der Waals surface area (Å²) in [5.41, 5.74) is 1.91. The summed E-state index contributed by atoms with van der Waals surface area (Å²) in [6.45, 7) is 0.953. The third-order valence-corrected chi connectivity index (χ3v) is 3.88. The third kappa shape index (κ3) is 6.00. The Morgan fingerprint density at radius 3 is 2.56 bits per heavy atom. The van der Waals surface area contributed by atoms with Crippen molar-refractivity contribution >= 4 is 23.0 Å². The first-order chi connectivity index (χ1) is 12.0. The quantitative estimate of drug-likeness (QED) is 0.594. The minimum Gasteiger partial charge on any atom is -0.478 e. The maximum absolute atomic E-state index is 13.1. The van der Waals surface area contributed by atoms with Gasteiger partial charge in [-0.3, -0.25) is 0 Å². The number of carboxylic acid groups (broad SMARTS) is 2. The van der Waals surface area contributed by atoms with Gasteiger partial charge in [0, 0.05) is 29.8 Å². The zero-order valence-electron chi connectivity index (χ0n) is 13.5. The van der Waals surface area contributed by atoms with Crippen LogP contribution in [0, 0.1) is 5.82 Å². The van der Waals surface area contributed by atoms with E-state index in [0.29, 0.717) is 18.2 Å². The van der Waals surface area contributed by atoms with Crippen molar-refractivity contribution < 1.29 is 24.2 Å². The minimum absolute atomic E-state index is 0.273. The number of nitrogens with one attached hydrogen (secondary N) is 2. The Kier molecular flexibility index (Phi) is 6.64. The van der Waals surface area contributed by atoms with Crippen LogP contribution in [-0.2, 0) is 16.0 Å². The molecule has 0 spiro atoms. The van der Waals surface area contributed by atoms with Gasteiger partial charge in [0.2, 0.25) is 0 Å². The van der Waals surface area contributed by atoms with Crippen molar-refractivity contribution in [1.29, 1.82) is 0 Å². The van der Waals surface area contributed by atoms with Crippen LogP contribution in [0.2, 0.25) is 0 Å². The number of carboxylic acids is 2. The molecule has 1 aliphatic carbocycles. The molecule has 7 nitrogen and oxygen atoms in total. The molecule has 8 heteroatoms. The van der Waals surface area contributed by atoms with Gasteiger partial charge in [0.25, 0.3) is 0 Å². The lowest BCUT2D eigenvalue weighted by molar-refractivity contribution is -0.134. The number of hydrogen-bond acceptors (Lipinski definition) is 4. The number of H-pyrrole nitrogens is 1. The van der Waals surface area contributed by atoms with E-state index in [1.165, 1.54) is 25.5 Å². The average molecular weight is 349 g/mol. The molecule has 0 aromatic carbocycles. The Labute approximate surface area is 143 Å². The van der Waals surface area contributed by atoms with Crippen molar-refractivity contribution in [2.75, 3.05) is 6.54 Å². The second kappa shape index (κ2) is 8.93. The summed E-state index contributed by atoms with van der Waals surface area (Å²) in [6.07, 6.45) is 9.15. The van der Waals surface area contributed by atoms with E-state index in [-0.39, 0.29) is 5.82 Å². The molecule has 2 aromatic rings. The number of pyridine rings is 1. The molecule has 4 N–H and O–H groups in total. The number of halogens is 1. The minimum atomic E-state index is -1.26. The van der Waals surface area contributed by atoms with Crippen LogP contribution in [0.3, 0.4) is 0 Å². The first-order valence-electron chi connectivity index (χ1n) is 7.94. The Hall–Kier alpha value is -2.74. The molecular weight excluding hydrogens is 329 g/mol. The first kappa shape index (κ1) is 18.6. The third-order valence-electron chi connectivity index (χ3n) is 3.88. The van der Waals surface area contributed by atoms with Crippen molar-refractivity contribution in [3.8, 4) is 0 Å². The predicted octanol–water partition coefficient (Wildman–Crippen LogP) is 2.10. The number of hydrogen-bond donors (Lipinski definition) is 4. The molecule has 2 heterocycles. The summed E-state index contributed by atoms with van der Waals surface area (Å²) in [7, 11) is 0. The fourth-order valence-corrected chi connectivity index (χ4v) is 2.41. The highest BCUT2D eigenvalue weighted by atomic mass is 19.1. The van der Waals surface area contributed by atoms with E-state index in [9.17, 15) is 14.0 Å². The van der Waals surface area contributed by atoms with Gasteiger partial charge < -0.3 is 20.5 Å². The zero-order valence-corrected chi connectivity index (χ0v) is 13.5. The number of aromatic amines is 1. The maximum Gasteiger partial charge on any atom is 0.328 e. The van der Waals surface area contributed by atoms with Crippen molar-refractivity contribution in [2.45, 2.75) is 31.7 Å². The first-order valence-corrected chi connectivity index (χ1v) is 7.94. The highest BCUT2D eigenvalue weighted by molar-refractivity contribution is 5.89. The molecule has 1 saturated carbocycles. The number of rotatable bonds is 6. The SMILES string of the molecule is Fc1cnc2[nH]cc(CCNC3CCC3)c2c1.O=C(O)/C=C\C(=O)O. The molecule has 0 aliphatic heterocycles. The standard InChI is InChI=1S/C13H16FN3.C4H4O4/c14-10-6-12-9(7-16-13(12)17-8-10)4-5-15-11-2-1-3-11;5-3(6)1-2-4(7)8/h6-8,11,15H,1-5H2,(H,16,17);1-2H,(H,5,6)(H,7,8)/b;2-1-. The van der Waals surface area contributed by atoms with Crippen LogP contribution in [0.4, 0.5) is 4.39 Å². The van der Waals surface area contributed by atoms with Crippen LogP contribution in [-0.4, -0.2) is 44.7 Å². The fraction of sp³-hybridized carbons (Fsp3) is 0.353. The topological polar surface area (TPSA) is 115 Å². The van der Waals surface area contributed by atoms with Gasteiger partial charge >= 0.3 is 11.9 Å². The summed E-state index contributed by atoms with van der Waals surface area (Å²) in [6, 6.07) is 2.26. The molecule has 0 saturated heterocycles. The molecule has 0 radical (unpaired) electrons. The van der Waals surface area contributed by atoms with Gasteiger partial charge in [-0.1, -0.05) is 6.42 Å². The summed E-state index contributed by atoms with van der Waals surface area (Å²) in [5.74, 6) is -2.79. The Morgan fingerprint density at radius 1 is 1.32 bits per heavy atom. The van der Waals surface area contributed by atoms with Crippen LogP contribution in [0.5, 0.6) is 0 Å². The number of aromatic nitrogens is 2. The van der Waals surface area contributed by atoms with E-state index in [0.717, 1.165) is 29.6 Å². The summed E-state index contributed by atoms with van der Waals surface area (Å²) < 4.78 is 13.1. The summed E-state index contributed by atoms with van der Waals surface area (Å²) >= 11 is 0. The van der Waals surface area contributed by atoms with Crippen LogP contribution in [0.25, 0.3) is 11.0 Å². The molecule has 0 bridgehead atoms. The van der Waals surface area contributed by atoms with Gasteiger partial charge in [0.1, 0.15) is 11.5 Å². The summed E-state index contributed by atoms with van der Waals surface area (Å²) in [5, 5.41) is 20.0. The molecule has 134 valence electrons. The van der Waals surface area contributed by atoms with Crippen LogP contribution >= 0.6 is 0 Å². The zero-order chi connectivity index (χ0) is 18.2. The lowest BCUT2D eigenvalue weighted by Crippen LogP contribution is -2.36. The number of carbonyl (C=O) groups is 2. The van der Waals surface area contributed by atoms with Gasteiger partial charge in [-0.2, -0.15) is 0 Å². The van der Waals surface area contributed by atoms with Crippen molar-refractivity contribution in [3.05, 3.63) is 42.0 Å². The van der Waals surface area contributed by atoms with Gasteiger partial charge in [0.05, 0.1) is 6.20 Å². The largest absolute Gasteiger partial charge is 0.478 e. The Bertz CT molecular complexity index is 752. The normalized spacial score (nSPS) is 14.1. The van der Waals surface area contributed by atoms with E-state index in [1.807, 2.05) is 6.20 Å². The molecule has 0 atom stereocenters. The van der Waals surface area contributed by atoms with E-state index >= 15 is 0 Å². The van der Waals surface area contributed by atoms with Gasteiger partial charge in [-0.15, -0.1) is 0 Å². The molecule has 3 rings (SSSR count). The molecule has 25 heavy (non-hydrogen) atoms. The molecule has 1 aliphatic rings. The van der Waals surface area contributed by atoms with Gasteiger partial charge in [-0.25, -0.2) is 19.0 Å². The second-order valence-electron chi connectivity index (χ2n) is 5.71. The maximum atomic E-state index is 13.1. The van der Waals surface area contributed by atoms with Gasteiger partial charge in [-0.05, 0) is 37.4 Å². The van der Waals surface area contributed by atoms with Crippen molar-refractivity contribution in [3.63, 3.8) is 0 Å². The van der Waals surface area contributed by atoms with E-state index in [1.54, 1.807) is 6.07 Å². The monoisotopic (exact) mass is 349 g/mol. The second-order valence-corrected chi connectivity index (χ2v) is 5.71. The lowest BCUT2D eigenvalue weighted by Gasteiger charge is -2.26. The van der Waals surface area contributed by atoms with E-state index in [2.05, 4.69) is 15.3 Å². The molecular formula is C17H20FN3O4. The number of nitrogens with zero attached hydrogens (tertiary/aromatic N) is 1. The van der Waals surface area contributed by atoms with Crippen LogP contribution in [0.1, 0.15) is 24.8 Å². The number of fused-ring (bicyclic) bond motifs is 1. The number of aliphatic carboxylic acids is 2. The van der Waals surface area contributed by atoms with Crippen LogP contribution < -0.4 is 5.32 Å². The molecule has 0 unspecified atom stereocenters. The fourth-order valence-electron chi connectivity index (χ4n) is 2.41. The Morgan fingerprint density at radius 2 is 2.00 bits per heavy atom. The van der Waals surface area contributed by atoms with E-state index in [4.69, 9.17) is 10.2 Å². The average Bonchev–Trinajstić information content (AvgIpc) is 2.90.